The van der Waals surface area contributed by atoms with Gasteiger partial charge in [0.1, 0.15) is 5.69 Å². The van der Waals surface area contributed by atoms with Crippen LogP contribution in [0.5, 0.6) is 11.5 Å². The standard InChI is InChI=1S/C19H23NO4/c1-5-23-19(21)16-7-6-15-14-11-18(24-12(2)3)17(22-4)10-13(14)8-9-20(15)16/h6-7,10-12H,5,8-9H2,1-4H3. The van der Waals surface area contributed by atoms with Gasteiger partial charge in [-0.1, -0.05) is 0 Å². The maximum atomic E-state index is 12.1. The number of benzene rings is 1. The number of carbonyl (C=O) groups excluding carboxylic acids is 1. The smallest absolute Gasteiger partial charge is 0.354 e. The summed E-state index contributed by atoms with van der Waals surface area (Å²) in [5.74, 6) is 1.19. The number of nitrogens with zero attached hydrogens (tertiary/aromatic N) is 1. The highest BCUT2D eigenvalue weighted by atomic mass is 16.5. The van der Waals surface area contributed by atoms with E-state index in [-0.39, 0.29) is 12.1 Å². The van der Waals surface area contributed by atoms with Gasteiger partial charge in [0.25, 0.3) is 0 Å². The van der Waals surface area contributed by atoms with E-state index in [4.69, 9.17) is 14.2 Å². The van der Waals surface area contributed by atoms with Crippen LogP contribution in [-0.2, 0) is 17.7 Å². The van der Waals surface area contributed by atoms with Crippen LogP contribution in [0.1, 0.15) is 36.8 Å². The molecule has 1 aliphatic rings. The molecular formula is C19H23NO4. The van der Waals surface area contributed by atoms with E-state index in [1.807, 2.05) is 49.6 Å². The fraction of sp³-hybridized carbons (Fsp3) is 0.421. The number of aromatic nitrogens is 1. The van der Waals surface area contributed by atoms with E-state index in [2.05, 4.69) is 0 Å². The van der Waals surface area contributed by atoms with Crippen molar-refractivity contribution in [3.63, 3.8) is 0 Å². The fourth-order valence-corrected chi connectivity index (χ4v) is 3.11. The molecule has 0 spiro atoms. The van der Waals surface area contributed by atoms with Crippen molar-refractivity contribution in [1.82, 2.24) is 4.57 Å². The van der Waals surface area contributed by atoms with Crippen LogP contribution < -0.4 is 9.47 Å². The highest BCUT2D eigenvalue weighted by Crippen LogP contribution is 2.39. The van der Waals surface area contributed by atoms with E-state index in [1.54, 1.807) is 7.11 Å². The lowest BCUT2D eigenvalue weighted by Crippen LogP contribution is -2.18. The Hall–Kier alpha value is -2.43. The molecule has 3 rings (SSSR count). The topological polar surface area (TPSA) is 49.7 Å². The molecule has 0 aliphatic carbocycles. The number of esters is 1. The minimum Gasteiger partial charge on any atom is -0.493 e. The molecule has 5 nitrogen and oxygen atoms in total. The van der Waals surface area contributed by atoms with Crippen LogP contribution in [0.4, 0.5) is 0 Å². The van der Waals surface area contributed by atoms with Crippen molar-refractivity contribution < 1.29 is 19.0 Å². The number of hydrogen-bond acceptors (Lipinski definition) is 4. The first kappa shape index (κ1) is 16.4. The van der Waals surface area contributed by atoms with Crippen molar-refractivity contribution in [2.75, 3.05) is 13.7 Å². The molecular weight excluding hydrogens is 306 g/mol. The molecule has 0 fully saturated rings. The average Bonchev–Trinajstić information content (AvgIpc) is 2.98. The van der Waals surface area contributed by atoms with Crippen LogP contribution >= 0.6 is 0 Å². The van der Waals surface area contributed by atoms with Crippen molar-refractivity contribution in [3.8, 4) is 22.8 Å². The SMILES string of the molecule is CCOC(=O)c1ccc2n1CCc1cc(OC)c(OC(C)C)cc1-2. The lowest BCUT2D eigenvalue weighted by Gasteiger charge is -2.23. The van der Waals surface area contributed by atoms with E-state index in [0.29, 0.717) is 12.3 Å². The molecule has 0 radical (unpaired) electrons. The Morgan fingerprint density at radius 3 is 2.71 bits per heavy atom. The molecule has 1 aliphatic heterocycles. The van der Waals surface area contributed by atoms with Crippen LogP contribution in [-0.4, -0.2) is 30.4 Å². The number of carbonyl (C=O) groups is 1. The summed E-state index contributed by atoms with van der Waals surface area (Å²) in [5, 5.41) is 0. The summed E-state index contributed by atoms with van der Waals surface area (Å²) in [6, 6.07) is 7.84. The molecule has 0 N–H and O–H groups in total. The molecule has 24 heavy (non-hydrogen) atoms. The molecule has 0 saturated heterocycles. The third-order valence-corrected chi connectivity index (χ3v) is 4.10. The van der Waals surface area contributed by atoms with E-state index in [1.165, 1.54) is 5.56 Å². The van der Waals surface area contributed by atoms with Crippen molar-refractivity contribution >= 4 is 5.97 Å². The highest BCUT2D eigenvalue weighted by molar-refractivity contribution is 5.90. The van der Waals surface area contributed by atoms with Crippen LogP contribution in [0.3, 0.4) is 0 Å². The molecule has 128 valence electrons. The van der Waals surface area contributed by atoms with E-state index in [9.17, 15) is 4.79 Å². The third-order valence-electron chi connectivity index (χ3n) is 4.10. The first-order valence-electron chi connectivity index (χ1n) is 8.29. The van der Waals surface area contributed by atoms with Crippen molar-refractivity contribution in [1.29, 1.82) is 0 Å². The summed E-state index contributed by atoms with van der Waals surface area (Å²) in [6.07, 6.45) is 0.893. The molecule has 2 aromatic rings. The van der Waals surface area contributed by atoms with Crippen molar-refractivity contribution in [2.24, 2.45) is 0 Å². The molecule has 5 heteroatoms. The molecule has 0 saturated carbocycles. The molecule has 0 atom stereocenters. The first-order chi connectivity index (χ1) is 11.5. The largest absolute Gasteiger partial charge is 0.493 e. The predicted molar refractivity (Wildman–Crippen MR) is 91.8 cm³/mol. The fourth-order valence-electron chi connectivity index (χ4n) is 3.11. The van der Waals surface area contributed by atoms with E-state index >= 15 is 0 Å². The minimum absolute atomic E-state index is 0.0578. The lowest BCUT2D eigenvalue weighted by atomic mass is 9.97. The Morgan fingerprint density at radius 1 is 1.25 bits per heavy atom. The van der Waals surface area contributed by atoms with Gasteiger partial charge in [-0.2, -0.15) is 0 Å². The molecule has 1 aromatic heterocycles. The number of rotatable bonds is 5. The Labute approximate surface area is 142 Å². The Morgan fingerprint density at radius 2 is 2.04 bits per heavy atom. The van der Waals surface area contributed by atoms with E-state index < -0.39 is 0 Å². The second-order valence-electron chi connectivity index (χ2n) is 6.05. The second-order valence-corrected chi connectivity index (χ2v) is 6.05. The Balaban J connectivity index is 2.06. The van der Waals surface area contributed by atoms with Crippen LogP contribution in [0, 0.1) is 0 Å². The lowest BCUT2D eigenvalue weighted by molar-refractivity contribution is 0.0514. The number of fused-ring (bicyclic) bond motifs is 3. The van der Waals surface area contributed by atoms with Crippen molar-refractivity contribution in [3.05, 3.63) is 35.5 Å². The summed E-state index contributed by atoms with van der Waals surface area (Å²) in [7, 11) is 1.65. The normalized spacial score (nSPS) is 12.5. The molecule has 0 amide bonds. The number of ether oxygens (including phenoxy) is 3. The average molecular weight is 329 g/mol. The van der Waals surface area contributed by atoms with Gasteiger partial charge in [-0.15, -0.1) is 0 Å². The van der Waals surface area contributed by atoms with Crippen LogP contribution in [0.2, 0.25) is 0 Å². The first-order valence-corrected chi connectivity index (χ1v) is 8.29. The molecule has 2 heterocycles. The van der Waals surface area contributed by atoms with Crippen LogP contribution in [0.25, 0.3) is 11.3 Å². The van der Waals surface area contributed by atoms with Crippen molar-refractivity contribution in [2.45, 2.75) is 39.8 Å². The summed E-state index contributed by atoms with van der Waals surface area (Å²) in [6.45, 7) is 6.91. The maximum Gasteiger partial charge on any atom is 0.354 e. The van der Waals surface area contributed by atoms with E-state index in [0.717, 1.165) is 35.7 Å². The van der Waals surface area contributed by atoms with Gasteiger partial charge in [-0.05, 0) is 57.0 Å². The van der Waals surface area contributed by atoms with Gasteiger partial charge in [0.15, 0.2) is 11.5 Å². The number of methoxy groups -OCH3 is 1. The molecule has 0 unspecified atom stereocenters. The Kier molecular flexibility index (Phi) is 4.51. The van der Waals surface area contributed by atoms with Gasteiger partial charge < -0.3 is 18.8 Å². The van der Waals surface area contributed by atoms with Gasteiger partial charge in [0.2, 0.25) is 0 Å². The predicted octanol–water partition coefficient (Wildman–Crippen LogP) is 3.68. The van der Waals surface area contributed by atoms with Gasteiger partial charge in [-0.3, -0.25) is 0 Å². The summed E-state index contributed by atoms with van der Waals surface area (Å²) in [4.78, 5) is 12.1. The summed E-state index contributed by atoms with van der Waals surface area (Å²) in [5.41, 5.74) is 3.88. The van der Waals surface area contributed by atoms with Gasteiger partial charge in [0.05, 0.1) is 19.8 Å². The minimum atomic E-state index is -0.278. The third kappa shape index (κ3) is 2.86. The van der Waals surface area contributed by atoms with Gasteiger partial charge in [-0.25, -0.2) is 4.79 Å². The zero-order valence-electron chi connectivity index (χ0n) is 14.6. The maximum absolute atomic E-state index is 12.1. The van der Waals surface area contributed by atoms with Crippen LogP contribution in [0.15, 0.2) is 24.3 Å². The quantitative estimate of drug-likeness (QED) is 0.785. The molecule has 1 aromatic carbocycles. The zero-order chi connectivity index (χ0) is 17.3. The number of aryl methyl sites for hydroxylation is 1. The summed E-state index contributed by atoms with van der Waals surface area (Å²) >= 11 is 0. The van der Waals surface area contributed by atoms with Gasteiger partial charge >= 0.3 is 5.97 Å². The molecule has 0 bridgehead atoms. The summed E-state index contributed by atoms with van der Waals surface area (Å²) < 4.78 is 18.5. The number of hydrogen-bond donors (Lipinski definition) is 0. The highest BCUT2D eigenvalue weighted by Gasteiger charge is 2.24. The zero-order valence-corrected chi connectivity index (χ0v) is 14.6. The second kappa shape index (κ2) is 6.59. The van der Waals surface area contributed by atoms with Gasteiger partial charge in [0, 0.05) is 17.8 Å². The monoisotopic (exact) mass is 329 g/mol. The Bertz CT molecular complexity index is 761.